The minimum atomic E-state index is -0.0837. The van der Waals surface area contributed by atoms with Crippen LogP contribution >= 0.6 is 0 Å². The number of carbonyl (C=O) groups is 1. The van der Waals surface area contributed by atoms with Gasteiger partial charge in [-0.1, -0.05) is 12.1 Å². The molecule has 146 valence electrons. The second-order valence-corrected chi connectivity index (χ2v) is 6.98. The molecule has 6 nitrogen and oxygen atoms in total. The van der Waals surface area contributed by atoms with Gasteiger partial charge in [-0.15, -0.1) is 0 Å². The number of hydrogen-bond donors (Lipinski definition) is 1. The van der Waals surface area contributed by atoms with Gasteiger partial charge in [0.1, 0.15) is 5.75 Å². The van der Waals surface area contributed by atoms with Crippen molar-refractivity contribution in [1.29, 1.82) is 0 Å². The van der Waals surface area contributed by atoms with E-state index in [0.29, 0.717) is 19.7 Å². The Labute approximate surface area is 164 Å². The number of nitrogens with one attached hydrogen (secondary N) is 1. The van der Waals surface area contributed by atoms with Gasteiger partial charge in [0, 0.05) is 49.5 Å². The summed E-state index contributed by atoms with van der Waals surface area (Å²) < 4.78 is 12.7. The van der Waals surface area contributed by atoms with Gasteiger partial charge in [-0.05, 0) is 47.9 Å². The fourth-order valence-corrected chi connectivity index (χ4v) is 3.81. The molecule has 2 heterocycles. The first-order valence-corrected chi connectivity index (χ1v) is 9.48. The van der Waals surface area contributed by atoms with E-state index in [9.17, 15) is 4.79 Å². The van der Waals surface area contributed by atoms with Crippen molar-refractivity contribution in [3.05, 3.63) is 59.8 Å². The van der Waals surface area contributed by atoms with Crippen molar-refractivity contribution in [3.8, 4) is 5.75 Å². The Morgan fingerprint density at radius 3 is 2.68 bits per heavy atom. The molecule has 0 fully saturated rings. The molecule has 0 aliphatic carbocycles. The third-order valence-corrected chi connectivity index (χ3v) is 5.25. The first-order chi connectivity index (χ1) is 13.7. The Kier molecular flexibility index (Phi) is 5.21. The van der Waals surface area contributed by atoms with Crippen LogP contribution < -0.4 is 10.1 Å². The molecule has 0 saturated heterocycles. The van der Waals surface area contributed by atoms with Crippen LogP contribution in [-0.2, 0) is 24.2 Å². The van der Waals surface area contributed by atoms with E-state index in [2.05, 4.69) is 34.3 Å². The third-order valence-electron chi connectivity index (χ3n) is 5.25. The number of anilines is 1. The lowest BCUT2D eigenvalue weighted by Gasteiger charge is -2.22. The lowest BCUT2D eigenvalue weighted by atomic mass is 10.1. The molecule has 0 bridgehead atoms. The maximum Gasteiger partial charge on any atom is 0.322 e. The van der Waals surface area contributed by atoms with E-state index in [1.807, 2.05) is 29.2 Å². The highest BCUT2D eigenvalue weighted by Crippen LogP contribution is 2.30. The zero-order chi connectivity index (χ0) is 19.5. The number of carbonyl (C=O) groups excluding carboxylic acids is 1. The van der Waals surface area contributed by atoms with Gasteiger partial charge >= 0.3 is 6.03 Å². The van der Waals surface area contributed by atoms with Gasteiger partial charge in [0.05, 0.1) is 13.7 Å². The van der Waals surface area contributed by atoms with Crippen LogP contribution in [0.4, 0.5) is 10.5 Å². The summed E-state index contributed by atoms with van der Waals surface area (Å²) in [5, 5.41) is 4.27. The molecule has 3 aromatic rings. The average molecular weight is 379 g/mol. The van der Waals surface area contributed by atoms with E-state index in [0.717, 1.165) is 24.4 Å². The number of urea groups is 1. The predicted octanol–water partition coefficient (Wildman–Crippen LogP) is 3.89. The SMILES string of the molecule is COCCn1cc2c3c(cccc31)CN(C(=O)Nc1ccc(OC)cc1)CC2. The summed E-state index contributed by atoms with van der Waals surface area (Å²) in [5.74, 6) is 0.768. The Morgan fingerprint density at radius 1 is 1.11 bits per heavy atom. The minimum Gasteiger partial charge on any atom is -0.497 e. The molecule has 1 aliphatic rings. The fraction of sp³-hybridized carbons (Fsp3) is 0.318. The molecule has 0 radical (unpaired) electrons. The van der Waals surface area contributed by atoms with Gasteiger partial charge in [0.2, 0.25) is 0 Å². The maximum absolute atomic E-state index is 12.8. The van der Waals surface area contributed by atoms with Crippen molar-refractivity contribution in [1.82, 2.24) is 9.47 Å². The van der Waals surface area contributed by atoms with Crippen molar-refractivity contribution >= 4 is 22.6 Å². The number of amides is 2. The van der Waals surface area contributed by atoms with Gasteiger partial charge in [0.15, 0.2) is 0 Å². The fourth-order valence-electron chi connectivity index (χ4n) is 3.81. The molecular formula is C22H25N3O3. The Morgan fingerprint density at radius 2 is 1.93 bits per heavy atom. The Balaban J connectivity index is 1.54. The van der Waals surface area contributed by atoms with Gasteiger partial charge in [-0.2, -0.15) is 0 Å². The summed E-state index contributed by atoms with van der Waals surface area (Å²) >= 11 is 0. The molecule has 1 N–H and O–H groups in total. The van der Waals surface area contributed by atoms with Gasteiger partial charge < -0.3 is 24.3 Å². The summed E-state index contributed by atoms with van der Waals surface area (Å²) in [5.41, 5.74) is 4.45. The normalized spacial score (nSPS) is 13.4. The van der Waals surface area contributed by atoms with E-state index in [1.165, 1.54) is 22.0 Å². The van der Waals surface area contributed by atoms with E-state index < -0.39 is 0 Å². The van der Waals surface area contributed by atoms with Crippen LogP contribution in [0.5, 0.6) is 5.75 Å². The van der Waals surface area contributed by atoms with Crippen LogP contribution in [0.2, 0.25) is 0 Å². The number of rotatable bonds is 5. The van der Waals surface area contributed by atoms with E-state index in [-0.39, 0.29) is 6.03 Å². The van der Waals surface area contributed by atoms with Crippen molar-refractivity contribution in [2.24, 2.45) is 0 Å². The summed E-state index contributed by atoms with van der Waals surface area (Å²) in [6, 6.07) is 13.6. The number of ether oxygens (including phenoxy) is 2. The standard InChI is InChI=1S/C22H25N3O3/c1-27-13-12-24-14-17-10-11-25(15-16-4-3-5-20(24)21(16)17)22(26)23-18-6-8-19(28-2)9-7-18/h3-9,14H,10-13,15H2,1-2H3,(H,23,26). The topological polar surface area (TPSA) is 55.7 Å². The highest BCUT2D eigenvalue weighted by Gasteiger charge is 2.22. The van der Waals surface area contributed by atoms with Crippen LogP contribution in [0.15, 0.2) is 48.7 Å². The van der Waals surface area contributed by atoms with Crippen LogP contribution in [0, 0.1) is 0 Å². The summed E-state index contributed by atoms with van der Waals surface area (Å²) in [6.45, 7) is 2.79. The molecule has 4 rings (SSSR count). The number of hydrogen-bond acceptors (Lipinski definition) is 3. The number of nitrogens with zero attached hydrogens (tertiary/aromatic N) is 2. The molecule has 0 atom stereocenters. The van der Waals surface area contributed by atoms with Crippen molar-refractivity contribution in [3.63, 3.8) is 0 Å². The molecule has 2 amide bonds. The summed E-state index contributed by atoms with van der Waals surface area (Å²) in [7, 11) is 3.35. The van der Waals surface area contributed by atoms with Crippen LogP contribution in [0.25, 0.3) is 10.9 Å². The third kappa shape index (κ3) is 3.55. The molecule has 1 aromatic heterocycles. The largest absolute Gasteiger partial charge is 0.497 e. The Bertz CT molecular complexity index is 979. The quantitative estimate of drug-likeness (QED) is 0.732. The predicted molar refractivity (Wildman–Crippen MR) is 110 cm³/mol. The zero-order valence-electron chi connectivity index (χ0n) is 16.3. The van der Waals surface area contributed by atoms with E-state index in [4.69, 9.17) is 9.47 Å². The highest BCUT2D eigenvalue weighted by molar-refractivity contribution is 5.92. The number of methoxy groups -OCH3 is 2. The van der Waals surface area contributed by atoms with Crippen molar-refractivity contribution < 1.29 is 14.3 Å². The van der Waals surface area contributed by atoms with Crippen molar-refractivity contribution in [2.45, 2.75) is 19.5 Å². The van der Waals surface area contributed by atoms with Gasteiger partial charge in [-0.25, -0.2) is 4.79 Å². The molecule has 28 heavy (non-hydrogen) atoms. The first kappa shape index (κ1) is 18.4. The monoisotopic (exact) mass is 379 g/mol. The average Bonchev–Trinajstić information content (AvgIpc) is 2.96. The van der Waals surface area contributed by atoms with Gasteiger partial charge in [0.25, 0.3) is 0 Å². The van der Waals surface area contributed by atoms with Crippen LogP contribution in [-0.4, -0.2) is 42.9 Å². The molecule has 0 saturated carbocycles. The zero-order valence-corrected chi connectivity index (χ0v) is 16.3. The summed E-state index contributed by atoms with van der Waals surface area (Å²) in [6.07, 6.45) is 3.04. The van der Waals surface area contributed by atoms with Crippen molar-refractivity contribution in [2.75, 3.05) is 32.7 Å². The summed E-state index contributed by atoms with van der Waals surface area (Å²) in [4.78, 5) is 14.7. The number of benzene rings is 2. The molecule has 0 spiro atoms. The van der Waals surface area contributed by atoms with Gasteiger partial charge in [-0.3, -0.25) is 0 Å². The van der Waals surface area contributed by atoms with Crippen LogP contribution in [0.3, 0.4) is 0 Å². The molecule has 2 aromatic carbocycles. The lowest BCUT2D eigenvalue weighted by Crippen LogP contribution is -2.35. The highest BCUT2D eigenvalue weighted by atomic mass is 16.5. The molecule has 1 aliphatic heterocycles. The first-order valence-electron chi connectivity index (χ1n) is 9.48. The minimum absolute atomic E-state index is 0.0837. The smallest absolute Gasteiger partial charge is 0.322 e. The number of aromatic nitrogens is 1. The van der Waals surface area contributed by atoms with E-state index in [1.54, 1.807) is 14.2 Å². The molecule has 0 unspecified atom stereocenters. The maximum atomic E-state index is 12.8. The van der Waals surface area contributed by atoms with E-state index >= 15 is 0 Å². The molecular weight excluding hydrogens is 354 g/mol. The Hall–Kier alpha value is -2.99. The lowest BCUT2D eigenvalue weighted by molar-refractivity contribution is 0.188. The van der Waals surface area contributed by atoms with Crippen LogP contribution in [0.1, 0.15) is 11.1 Å². The molecule has 6 heteroatoms. The second kappa shape index (κ2) is 7.94. The second-order valence-electron chi connectivity index (χ2n) is 6.98.